The van der Waals surface area contributed by atoms with Crippen molar-refractivity contribution in [3.63, 3.8) is 0 Å². The molecule has 0 radical (unpaired) electrons. The Bertz CT molecular complexity index is 610. The molecule has 0 bridgehead atoms. The molecule has 0 aliphatic carbocycles. The van der Waals surface area contributed by atoms with E-state index < -0.39 is 0 Å². The van der Waals surface area contributed by atoms with Gasteiger partial charge in [-0.3, -0.25) is 9.78 Å². The number of rotatable bonds is 4. The molecule has 0 unspecified atom stereocenters. The van der Waals surface area contributed by atoms with Crippen LogP contribution in [0.5, 0.6) is 0 Å². The molecule has 0 atom stereocenters. The topological polar surface area (TPSA) is 45.2 Å². The first-order valence-electron chi connectivity index (χ1n) is 6.54. The lowest BCUT2D eigenvalue weighted by atomic mass is 10.1. The number of anilines is 1. The van der Waals surface area contributed by atoms with Gasteiger partial charge in [-0.1, -0.05) is 29.8 Å². The maximum atomic E-state index is 12.5. The second-order valence-corrected chi connectivity index (χ2v) is 4.82. The Kier molecular flexibility index (Phi) is 4.35. The average molecular weight is 269 g/mol. The third-order valence-electron chi connectivity index (χ3n) is 3.17. The highest BCUT2D eigenvalue weighted by Gasteiger charge is 2.15. The number of aromatic nitrogens is 1. The van der Waals surface area contributed by atoms with Gasteiger partial charge in [-0.25, -0.2) is 0 Å². The van der Waals surface area contributed by atoms with Crippen LogP contribution < -0.4 is 5.32 Å². The Hall–Kier alpha value is -2.36. The van der Waals surface area contributed by atoms with Crippen molar-refractivity contribution in [1.82, 2.24) is 9.88 Å². The van der Waals surface area contributed by atoms with Crippen molar-refractivity contribution >= 4 is 11.6 Å². The maximum Gasteiger partial charge on any atom is 0.256 e. The minimum Gasteiger partial charge on any atom is -0.386 e. The number of carbonyl (C=O) groups is 1. The summed E-state index contributed by atoms with van der Waals surface area (Å²) in [4.78, 5) is 18.2. The van der Waals surface area contributed by atoms with Crippen LogP contribution in [0.1, 0.15) is 21.5 Å². The van der Waals surface area contributed by atoms with E-state index in [1.54, 1.807) is 30.4 Å². The van der Waals surface area contributed by atoms with E-state index in [2.05, 4.69) is 16.4 Å². The number of pyridine rings is 1. The molecule has 0 saturated carbocycles. The predicted molar refractivity (Wildman–Crippen MR) is 80.8 cm³/mol. The standard InChI is InChI=1S/C16H19N3O/c1-12-5-4-6-13(9-12)11-19(3)16(20)14-7-8-18-10-15(14)17-2/h4-10,17H,11H2,1-3H3. The summed E-state index contributed by atoms with van der Waals surface area (Å²) in [6, 6.07) is 9.92. The summed E-state index contributed by atoms with van der Waals surface area (Å²) >= 11 is 0. The number of carbonyl (C=O) groups excluding carboxylic acids is 1. The largest absolute Gasteiger partial charge is 0.386 e. The third kappa shape index (κ3) is 3.15. The average Bonchev–Trinajstić information content (AvgIpc) is 2.46. The normalized spacial score (nSPS) is 10.2. The summed E-state index contributed by atoms with van der Waals surface area (Å²) in [6.07, 6.45) is 3.29. The molecule has 104 valence electrons. The fourth-order valence-corrected chi connectivity index (χ4v) is 2.14. The molecule has 0 saturated heterocycles. The molecule has 0 fully saturated rings. The second kappa shape index (κ2) is 6.19. The van der Waals surface area contributed by atoms with Gasteiger partial charge in [-0.2, -0.15) is 0 Å². The first-order valence-corrected chi connectivity index (χ1v) is 6.54. The van der Waals surface area contributed by atoms with E-state index >= 15 is 0 Å². The molecule has 1 aromatic heterocycles. The van der Waals surface area contributed by atoms with Crippen LogP contribution in [0.4, 0.5) is 5.69 Å². The van der Waals surface area contributed by atoms with E-state index in [0.717, 1.165) is 11.3 Å². The smallest absolute Gasteiger partial charge is 0.256 e. The number of hydrogen-bond donors (Lipinski definition) is 1. The minimum absolute atomic E-state index is 0.0155. The predicted octanol–water partition coefficient (Wildman–Crippen LogP) is 2.70. The molecule has 0 spiro atoms. The van der Waals surface area contributed by atoms with E-state index in [-0.39, 0.29) is 5.91 Å². The van der Waals surface area contributed by atoms with Crippen molar-refractivity contribution in [2.75, 3.05) is 19.4 Å². The minimum atomic E-state index is -0.0155. The SMILES string of the molecule is CNc1cnccc1C(=O)N(C)Cc1cccc(C)c1. The van der Waals surface area contributed by atoms with Gasteiger partial charge in [-0.05, 0) is 18.6 Å². The molecular weight excluding hydrogens is 250 g/mol. The molecule has 0 aliphatic rings. The van der Waals surface area contributed by atoms with Crippen LogP contribution in [0.15, 0.2) is 42.7 Å². The Labute approximate surface area is 119 Å². The number of nitrogens with zero attached hydrogens (tertiary/aromatic N) is 2. The monoisotopic (exact) mass is 269 g/mol. The number of amides is 1. The second-order valence-electron chi connectivity index (χ2n) is 4.82. The molecule has 2 rings (SSSR count). The Balaban J connectivity index is 2.16. The molecule has 1 aromatic carbocycles. The Morgan fingerprint density at radius 1 is 1.35 bits per heavy atom. The van der Waals surface area contributed by atoms with Gasteiger partial charge in [0.25, 0.3) is 5.91 Å². The molecule has 2 aromatic rings. The van der Waals surface area contributed by atoms with Crippen molar-refractivity contribution < 1.29 is 4.79 Å². The van der Waals surface area contributed by atoms with Crippen molar-refractivity contribution in [2.45, 2.75) is 13.5 Å². The molecule has 4 heteroatoms. The van der Waals surface area contributed by atoms with E-state index in [1.807, 2.05) is 32.2 Å². The van der Waals surface area contributed by atoms with Crippen LogP contribution in [0.3, 0.4) is 0 Å². The van der Waals surface area contributed by atoms with Gasteiger partial charge < -0.3 is 10.2 Å². The molecule has 1 heterocycles. The van der Waals surface area contributed by atoms with Crippen molar-refractivity contribution in [3.8, 4) is 0 Å². The summed E-state index contributed by atoms with van der Waals surface area (Å²) < 4.78 is 0. The Morgan fingerprint density at radius 3 is 2.85 bits per heavy atom. The van der Waals surface area contributed by atoms with Crippen LogP contribution in [0.25, 0.3) is 0 Å². The number of benzene rings is 1. The van der Waals surface area contributed by atoms with Gasteiger partial charge in [0, 0.05) is 26.8 Å². The van der Waals surface area contributed by atoms with E-state index in [1.165, 1.54) is 5.56 Å². The highest BCUT2D eigenvalue weighted by Crippen LogP contribution is 2.16. The third-order valence-corrected chi connectivity index (χ3v) is 3.17. The summed E-state index contributed by atoms with van der Waals surface area (Å²) in [5.41, 5.74) is 3.70. The van der Waals surface area contributed by atoms with Crippen molar-refractivity contribution in [2.24, 2.45) is 0 Å². The van der Waals surface area contributed by atoms with Gasteiger partial charge in [0.2, 0.25) is 0 Å². The van der Waals surface area contributed by atoms with E-state index in [9.17, 15) is 4.79 Å². The van der Waals surface area contributed by atoms with Gasteiger partial charge in [0.15, 0.2) is 0 Å². The maximum absolute atomic E-state index is 12.5. The fourth-order valence-electron chi connectivity index (χ4n) is 2.14. The fraction of sp³-hybridized carbons (Fsp3) is 0.250. The summed E-state index contributed by atoms with van der Waals surface area (Å²) in [6.45, 7) is 2.64. The summed E-state index contributed by atoms with van der Waals surface area (Å²) in [7, 11) is 3.60. The lowest BCUT2D eigenvalue weighted by Gasteiger charge is -2.19. The highest BCUT2D eigenvalue weighted by atomic mass is 16.2. The number of aryl methyl sites for hydroxylation is 1. The lowest BCUT2D eigenvalue weighted by molar-refractivity contribution is 0.0786. The molecule has 1 N–H and O–H groups in total. The highest BCUT2D eigenvalue weighted by molar-refractivity contribution is 5.99. The molecular formula is C16H19N3O. The first-order chi connectivity index (χ1) is 9.61. The number of nitrogens with one attached hydrogen (secondary N) is 1. The summed E-state index contributed by atoms with van der Waals surface area (Å²) in [5.74, 6) is -0.0155. The van der Waals surface area contributed by atoms with Crippen LogP contribution in [0, 0.1) is 6.92 Å². The molecule has 4 nitrogen and oxygen atoms in total. The van der Waals surface area contributed by atoms with Crippen molar-refractivity contribution in [3.05, 3.63) is 59.4 Å². The van der Waals surface area contributed by atoms with E-state index in [4.69, 9.17) is 0 Å². The molecule has 20 heavy (non-hydrogen) atoms. The van der Waals surface area contributed by atoms with Crippen LogP contribution in [-0.4, -0.2) is 29.9 Å². The first kappa shape index (κ1) is 14.1. The zero-order chi connectivity index (χ0) is 14.5. The lowest BCUT2D eigenvalue weighted by Crippen LogP contribution is -2.27. The van der Waals surface area contributed by atoms with Crippen LogP contribution in [-0.2, 0) is 6.54 Å². The van der Waals surface area contributed by atoms with Gasteiger partial charge in [0.1, 0.15) is 0 Å². The van der Waals surface area contributed by atoms with Crippen LogP contribution in [0.2, 0.25) is 0 Å². The molecule has 0 aliphatic heterocycles. The van der Waals surface area contributed by atoms with Gasteiger partial charge in [0.05, 0.1) is 17.4 Å². The zero-order valence-electron chi connectivity index (χ0n) is 12.1. The van der Waals surface area contributed by atoms with Gasteiger partial charge >= 0.3 is 0 Å². The summed E-state index contributed by atoms with van der Waals surface area (Å²) in [5, 5.41) is 2.99. The number of hydrogen-bond acceptors (Lipinski definition) is 3. The van der Waals surface area contributed by atoms with Crippen LogP contribution >= 0.6 is 0 Å². The zero-order valence-corrected chi connectivity index (χ0v) is 12.1. The van der Waals surface area contributed by atoms with Gasteiger partial charge in [-0.15, -0.1) is 0 Å². The Morgan fingerprint density at radius 2 is 2.15 bits per heavy atom. The quantitative estimate of drug-likeness (QED) is 0.928. The van der Waals surface area contributed by atoms with Crippen molar-refractivity contribution in [1.29, 1.82) is 0 Å². The molecule has 1 amide bonds. The van der Waals surface area contributed by atoms with E-state index in [0.29, 0.717) is 12.1 Å².